The average molecular weight is 358 g/mol. The van der Waals surface area contributed by atoms with E-state index >= 15 is 0 Å². The molecule has 138 valence electrons. The zero-order valence-electron chi connectivity index (χ0n) is 16.3. The largest absolute Gasteiger partial charge is 0.382 e. The molecule has 0 fully saturated rings. The number of benzene rings is 3. The summed E-state index contributed by atoms with van der Waals surface area (Å²) < 4.78 is 0. The summed E-state index contributed by atoms with van der Waals surface area (Å²) in [5, 5.41) is 6.42. The van der Waals surface area contributed by atoms with Crippen LogP contribution in [0.5, 0.6) is 0 Å². The smallest absolute Gasteiger partial charge is 0.153 e. The van der Waals surface area contributed by atoms with Crippen molar-refractivity contribution in [2.45, 2.75) is 27.7 Å². The lowest BCUT2D eigenvalue weighted by Crippen LogP contribution is -2.29. The molecule has 0 bridgehead atoms. The lowest BCUT2D eigenvalue weighted by molar-refractivity contribution is 0.981. The molecule has 0 saturated carbocycles. The fraction of sp³-hybridized carbons (Fsp3) is 0.174. The highest BCUT2D eigenvalue weighted by Gasteiger charge is 2.10. The second-order valence-corrected chi connectivity index (χ2v) is 6.88. The number of hydrazine groups is 1. The van der Waals surface area contributed by atoms with E-state index in [9.17, 15) is 0 Å². The van der Waals surface area contributed by atoms with Crippen LogP contribution in [0.2, 0.25) is 0 Å². The van der Waals surface area contributed by atoms with E-state index in [1.807, 2.05) is 43.3 Å². The summed E-state index contributed by atoms with van der Waals surface area (Å²) in [6.07, 6.45) is 0. The van der Waals surface area contributed by atoms with Crippen molar-refractivity contribution in [2.24, 2.45) is 10.8 Å². The molecule has 0 radical (unpaired) electrons. The molecule has 3 aromatic carbocycles. The third-order valence-corrected chi connectivity index (χ3v) is 4.52. The van der Waals surface area contributed by atoms with Crippen LogP contribution >= 0.6 is 0 Å². The van der Waals surface area contributed by atoms with Crippen molar-refractivity contribution in [3.8, 4) is 0 Å². The second-order valence-electron chi connectivity index (χ2n) is 6.88. The van der Waals surface area contributed by atoms with Crippen molar-refractivity contribution in [3.05, 3.63) is 94.5 Å². The molecule has 4 heteroatoms. The number of nitrogens with one attached hydrogen (secondary N) is 1. The Morgan fingerprint density at radius 3 is 2.15 bits per heavy atom. The van der Waals surface area contributed by atoms with Crippen molar-refractivity contribution in [1.82, 2.24) is 0 Å². The normalized spacial score (nSPS) is 11.3. The number of hydrazone groups is 1. The van der Waals surface area contributed by atoms with Crippen molar-refractivity contribution >= 4 is 17.2 Å². The molecule has 27 heavy (non-hydrogen) atoms. The maximum Gasteiger partial charge on any atom is 0.153 e. The SMILES string of the molecule is Cc1ccc(N(/N=C(\N)c2ccccc2C)Nc2ccc(C)cc2C)cc1. The van der Waals surface area contributed by atoms with E-state index in [4.69, 9.17) is 5.73 Å². The van der Waals surface area contributed by atoms with Crippen LogP contribution in [0.3, 0.4) is 0 Å². The molecule has 0 amide bonds. The topological polar surface area (TPSA) is 53.6 Å². The zero-order valence-corrected chi connectivity index (χ0v) is 16.3. The number of hydrogen-bond acceptors (Lipinski definition) is 3. The van der Waals surface area contributed by atoms with E-state index < -0.39 is 0 Å². The molecule has 4 nitrogen and oxygen atoms in total. The highest BCUT2D eigenvalue weighted by atomic mass is 15.7. The molecule has 3 rings (SSSR count). The third-order valence-electron chi connectivity index (χ3n) is 4.52. The predicted molar refractivity (Wildman–Crippen MR) is 115 cm³/mol. The Hall–Kier alpha value is -3.27. The summed E-state index contributed by atoms with van der Waals surface area (Å²) in [6.45, 7) is 8.27. The number of nitrogens with two attached hydrogens (primary N) is 1. The Balaban J connectivity index is 2.00. The van der Waals surface area contributed by atoms with Gasteiger partial charge in [0.25, 0.3) is 0 Å². The maximum absolute atomic E-state index is 6.35. The predicted octanol–water partition coefficient (Wildman–Crippen LogP) is 5.07. The van der Waals surface area contributed by atoms with Crippen molar-refractivity contribution in [2.75, 3.05) is 10.5 Å². The summed E-state index contributed by atoms with van der Waals surface area (Å²) >= 11 is 0. The molecule has 0 spiro atoms. The monoisotopic (exact) mass is 358 g/mol. The Kier molecular flexibility index (Phi) is 5.46. The third kappa shape index (κ3) is 4.47. The van der Waals surface area contributed by atoms with Gasteiger partial charge < -0.3 is 5.73 Å². The molecule has 0 aliphatic carbocycles. The van der Waals surface area contributed by atoms with Crippen molar-refractivity contribution in [1.29, 1.82) is 0 Å². The van der Waals surface area contributed by atoms with Crippen LogP contribution in [0.25, 0.3) is 0 Å². The first kappa shape index (κ1) is 18.5. The van der Waals surface area contributed by atoms with Crippen molar-refractivity contribution in [3.63, 3.8) is 0 Å². The van der Waals surface area contributed by atoms with Crippen LogP contribution in [0.15, 0.2) is 71.8 Å². The van der Waals surface area contributed by atoms with Gasteiger partial charge in [-0.3, -0.25) is 5.43 Å². The number of amidine groups is 1. The fourth-order valence-electron chi connectivity index (χ4n) is 2.91. The highest BCUT2D eigenvalue weighted by molar-refractivity contribution is 5.99. The standard InChI is InChI=1S/C23H26N4/c1-16-9-12-20(13-10-16)27(25-22-14-11-17(2)15-19(22)4)26-23(24)21-8-6-5-7-18(21)3/h5-15,25H,1-4H3,(H2,24,26). The van der Waals surface area contributed by atoms with Crippen LogP contribution in [-0.4, -0.2) is 5.84 Å². The first-order chi connectivity index (χ1) is 12.9. The average Bonchev–Trinajstić information content (AvgIpc) is 2.64. The molecule has 0 saturated heterocycles. The fourth-order valence-corrected chi connectivity index (χ4v) is 2.91. The van der Waals surface area contributed by atoms with Crippen LogP contribution in [0, 0.1) is 27.7 Å². The van der Waals surface area contributed by atoms with Gasteiger partial charge in [-0.2, -0.15) is 5.12 Å². The Bertz CT molecular complexity index is 958. The Morgan fingerprint density at radius 1 is 0.815 bits per heavy atom. The number of rotatable bonds is 5. The first-order valence-electron chi connectivity index (χ1n) is 9.05. The second kappa shape index (κ2) is 7.96. The minimum Gasteiger partial charge on any atom is -0.382 e. The van der Waals surface area contributed by atoms with Gasteiger partial charge in [0.1, 0.15) is 0 Å². The zero-order chi connectivity index (χ0) is 19.4. The molecule has 0 heterocycles. The van der Waals surface area contributed by atoms with Gasteiger partial charge in [-0.15, -0.1) is 5.10 Å². The van der Waals surface area contributed by atoms with Gasteiger partial charge in [-0.1, -0.05) is 59.7 Å². The molecule has 0 aliphatic rings. The van der Waals surface area contributed by atoms with Gasteiger partial charge in [0.15, 0.2) is 5.84 Å². The Labute approximate surface area is 161 Å². The molecule has 0 atom stereocenters. The lowest BCUT2D eigenvalue weighted by Gasteiger charge is -2.23. The van der Waals surface area contributed by atoms with E-state index in [2.05, 4.69) is 61.6 Å². The highest BCUT2D eigenvalue weighted by Crippen LogP contribution is 2.22. The van der Waals surface area contributed by atoms with E-state index in [1.54, 1.807) is 5.12 Å². The lowest BCUT2D eigenvalue weighted by atomic mass is 10.1. The molecule has 0 aliphatic heterocycles. The summed E-state index contributed by atoms with van der Waals surface area (Å²) in [4.78, 5) is 0. The molecule has 0 unspecified atom stereocenters. The Morgan fingerprint density at radius 2 is 1.48 bits per heavy atom. The van der Waals surface area contributed by atoms with E-state index in [1.165, 1.54) is 11.1 Å². The minimum atomic E-state index is 0.464. The van der Waals surface area contributed by atoms with Gasteiger partial charge in [-0.05, 0) is 57.0 Å². The first-order valence-corrected chi connectivity index (χ1v) is 9.05. The van der Waals surface area contributed by atoms with Gasteiger partial charge in [0.2, 0.25) is 0 Å². The summed E-state index contributed by atoms with van der Waals surface area (Å²) in [6, 6.07) is 22.4. The van der Waals surface area contributed by atoms with Gasteiger partial charge >= 0.3 is 0 Å². The molecular weight excluding hydrogens is 332 g/mol. The van der Waals surface area contributed by atoms with Crippen LogP contribution in [0.4, 0.5) is 11.4 Å². The number of hydrogen-bond donors (Lipinski definition) is 2. The molecular formula is C23H26N4. The minimum absolute atomic E-state index is 0.464. The van der Waals surface area contributed by atoms with E-state index in [0.29, 0.717) is 5.84 Å². The van der Waals surface area contributed by atoms with Crippen LogP contribution < -0.4 is 16.3 Å². The van der Waals surface area contributed by atoms with Crippen LogP contribution in [-0.2, 0) is 0 Å². The number of anilines is 2. The number of aryl methyl sites for hydroxylation is 4. The molecule has 0 aromatic heterocycles. The molecule has 3 N–H and O–H groups in total. The van der Waals surface area contributed by atoms with E-state index in [0.717, 1.165) is 28.1 Å². The van der Waals surface area contributed by atoms with Crippen molar-refractivity contribution < 1.29 is 0 Å². The van der Waals surface area contributed by atoms with Gasteiger partial charge in [-0.25, -0.2) is 0 Å². The quantitative estimate of drug-likeness (QED) is 0.380. The van der Waals surface area contributed by atoms with Gasteiger partial charge in [0.05, 0.1) is 11.4 Å². The van der Waals surface area contributed by atoms with Gasteiger partial charge in [0, 0.05) is 5.56 Å². The summed E-state index contributed by atoms with van der Waals surface area (Å²) in [5.74, 6) is 0.464. The summed E-state index contributed by atoms with van der Waals surface area (Å²) in [7, 11) is 0. The number of nitrogens with zero attached hydrogens (tertiary/aromatic N) is 2. The van der Waals surface area contributed by atoms with Crippen LogP contribution in [0.1, 0.15) is 27.8 Å². The maximum atomic E-state index is 6.35. The summed E-state index contributed by atoms with van der Waals surface area (Å²) in [5.41, 5.74) is 17.2. The van der Waals surface area contributed by atoms with E-state index in [-0.39, 0.29) is 0 Å². The molecule has 3 aromatic rings.